The molecule has 0 bridgehead atoms. The number of rotatable bonds is 6. The molecule has 2 aromatic rings. The summed E-state index contributed by atoms with van der Waals surface area (Å²) < 4.78 is 0. The van der Waals surface area contributed by atoms with Crippen LogP contribution in [0.3, 0.4) is 0 Å². The number of quaternary nitrogens is 2. The molecule has 1 aliphatic heterocycles. The number of hydrogen-bond donors (Lipinski definition) is 3. The van der Waals surface area contributed by atoms with E-state index in [-0.39, 0.29) is 5.69 Å². The van der Waals surface area contributed by atoms with E-state index in [1.807, 2.05) is 6.07 Å². The first-order chi connectivity index (χ1) is 12.1. The van der Waals surface area contributed by atoms with Crippen molar-refractivity contribution >= 4 is 5.69 Å². The number of aliphatic hydroxyl groups excluding tert-OH is 1. The first-order valence-electron chi connectivity index (χ1n) is 8.75. The Morgan fingerprint density at radius 1 is 0.960 bits per heavy atom. The van der Waals surface area contributed by atoms with E-state index >= 15 is 0 Å². The molecule has 1 aliphatic rings. The van der Waals surface area contributed by atoms with Crippen molar-refractivity contribution in [1.29, 1.82) is 0 Å². The normalized spacial score (nSPS) is 21.6. The topological polar surface area (TPSA) is 72.2 Å². The van der Waals surface area contributed by atoms with E-state index in [0.717, 1.165) is 38.3 Å². The van der Waals surface area contributed by atoms with Crippen molar-refractivity contribution in [2.75, 3.05) is 32.7 Å². The summed E-state index contributed by atoms with van der Waals surface area (Å²) in [4.78, 5) is 13.3. The van der Waals surface area contributed by atoms with Crippen molar-refractivity contribution < 1.29 is 19.8 Å². The fourth-order valence-electron chi connectivity index (χ4n) is 3.43. The predicted molar refractivity (Wildman–Crippen MR) is 94.5 cm³/mol. The molecule has 0 unspecified atom stereocenters. The molecule has 0 saturated carbocycles. The van der Waals surface area contributed by atoms with Crippen LogP contribution in [0.2, 0.25) is 0 Å². The zero-order chi connectivity index (χ0) is 17.6. The smallest absolute Gasteiger partial charge is 0.269 e. The van der Waals surface area contributed by atoms with Crippen LogP contribution in [0.5, 0.6) is 0 Å². The fourth-order valence-corrected chi connectivity index (χ4v) is 3.43. The molecule has 6 nitrogen and oxygen atoms in total. The average Bonchev–Trinajstić information content (AvgIpc) is 2.64. The molecule has 0 spiro atoms. The lowest BCUT2D eigenvalue weighted by Gasteiger charge is -2.30. The highest BCUT2D eigenvalue weighted by atomic mass is 16.6. The maximum Gasteiger partial charge on any atom is 0.269 e. The van der Waals surface area contributed by atoms with Gasteiger partial charge in [0.25, 0.3) is 5.69 Å². The maximum absolute atomic E-state index is 10.7. The van der Waals surface area contributed by atoms with Gasteiger partial charge < -0.3 is 14.9 Å². The number of nitrogens with zero attached hydrogens (tertiary/aromatic N) is 1. The number of benzene rings is 2. The van der Waals surface area contributed by atoms with Crippen LogP contribution in [0, 0.1) is 10.1 Å². The minimum absolute atomic E-state index is 0.0569. The second kappa shape index (κ2) is 8.20. The molecular weight excluding hydrogens is 318 g/mol. The summed E-state index contributed by atoms with van der Waals surface area (Å²) in [7, 11) is 0. The molecule has 2 aromatic carbocycles. The van der Waals surface area contributed by atoms with Crippen LogP contribution in [0.25, 0.3) is 0 Å². The number of piperazine rings is 1. The van der Waals surface area contributed by atoms with Gasteiger partial charge in [0, 0.05) is 17.7 Å². The Morgan fingerprint density at radius 2 is 1.56 bits per heavy atom. The van der Waals surface area contributed by atoms with Gasteiger partial charge in [0.2, 0.25) is 0 Å². The Balaban J connectivity index is 1.47. The number of non-ortho nitro benzene ring substituents is 1. The van der Waals surface area contributed by atoms with Gasteiger partial charge in [0.05, 0.1) is 4.92 Å². The highest BCUT2D eigenvalue weighted by Crippen LogP contribution is 2.16. The van der Waals surface area contributed by atoms with E-state index in [1.165, 1.54) is 22.6 Å². The molecule has 3 N–H and O–H groups in total. The molecule has 132 valence electrons. The summed E-state index contributed by atoms with van der Waals surface area (Å²) in [6.45, 7) is 5.96. The zero-order valence-corrected chi connectivity index (χ0v) is 14.2. The summed E-state index contributed by atoms with van der Waals surface area (Å²) in [5.41, 5.74) is 2.17. The quantitative estimate of drug-likeness (QED) is 0.494. The summed E-state index contributed by atoms with van der Waals surface area (Å²) in [5.74, 6) is 0. The molecule has 1 heterocycles. The van der Waals surface area contributed by atoms with Gasteiger partial charge in [-0.25, -0.2) is 0 Å². The molecule has 0 radical (unpaired) electrons. The van der Waals surface area contributed by atoms with E-state index in [4.69, 9.17) is 0 Å². The summed E-state index contributed by atoms with van der Waals surface area (Å²) in [6, 6.07) is 16.8. The van der Waals surface area contributed by atoms with Gasteiger partial charge in [-0.05, 0) is 17.7 Å². The molecule has 3 rings (SSSR count). The molecule has 0 aliphatic carbocycles. The number of aliphatic hydroxyl groups is 1. The maximum atomic E-state index is 10.7. The van der Waals surface area contributed by atoms with Gasteiger partial charge in [0.15, 0.2) is 0 Å². The third kappa shape index (κ3) is 4.85. The first-order valence-corrected chi connectivity index (χ1v) is 8.75. The van der Waals surface area contributed by atoms with Crippen molar-refractivity contribution in [2.45, 2.75) is 12.6 Å². The Hall–Kier alpha value is -2.28. The monoisotopic (exact) mass is 343 g/mol. The van der Waals surface area contributed by atoms with Crippen molar-refractivity contribution in [3.8, 4) is 0 Å². The van der Waals surface area contributed by atoms with Crippen LogP contribution in [-0.2, 0) is 6.54 Å². The van der Waals surface area contributed by atoms with Crippen LogP contribution in [0.15, 0.2) is 54.6 Å². The van der Waals surface area contributed by atoms with Crippen molar-refractivity contribution in [3.05, 3.63) is 75.8 Å². The fraction of sp³-hybridized carbons (Fsp3) is 0.368. The molecule has 1 saturated heterocycles. The Kier molecular flexibility index (Phi) is 5.75. The Morgan fingerprint density at radius 3 is 2.16 bits per heavy atom. The minimum atomic E-state index is -0.577. The molecule has 0 amide bonds. The highest BCUT2D eigenvalue weighted by Gasteiger charge is 2.25. The summed E-state index contributed by atoms with van der Waals surface area (Å²) in [5, 5.41) is 21.1. The lowest BCUT2D eigenvalue weighted by Crippen LogP contribution is -3.27. The second-order valence-corrected chi connectivity index (χ2v) is 6.73. The first kappa shape index (κ1) is 17.5. The van der Waals surface area contributed by atoms with E-state index in [9.17, 15) is 15.2 Å². The average molecular weight is 343 g/mol. The summed E-state index contributed by atoms with van der Waals surface area (Å²) >= 11 is 0. The lowest BCUT2D eigenvalue weighted by atomic mass is 10.1. The molecular formula is C19H25N3O3+2. The van der Waals surface area contributed by atoms with Crippen LogP contribution < -0.4 is 9.80 Å². The standard InChI is InChI=1S/C19H23N3O3/c23-19(17-6-8-18(9-7-17)22(24)25)15-21-12-10-20(11-13-21)14-16-4-2-1-3-5-16/h1-9,19,23H,10-15H2/p+2/t19-/m0/s1. The third-order valence-corrected chi connectivity index (χ3v) is 4.93. The number of nitro groups is 1. The van der Waals surface area contributed by atoms with E-state index < -0.39 is 11.0 Å². The van der Waals surface area contributed by atoms with Gasteiger partial charge in [0.1, 0.15) is 45.4 Å². The summed E-state index contributed by atoms with van der Waals surface area (Å²) in [6.07, 6.45) is -0.577. The highest BCUT2D eigenvalue weighted by molar-refractivity contribution is 5.33. The predicted octanol–water partition coefficient (Wildman–Crippen LogP) is -0.388. The lowest BCUT2D eigenvalue weighted by molar-refractivity contribution is -1.02. The van der Waals surface area contributed by atoms with Gasteiger partial charge >= 0.3 is 0 Å². The van der Waals surface area contributed by atoms with Crippen LogP contribution >= 0.6 is 0 Å². The second-order valence-electron chi connectivity index (χ2n) is 6.73. The molecule has 1 atom stereocenters. The van der Waals surface area contributed by atoms with E-state index in [0.29, 0.717) is 6.54 Å². The third-order valence-electron chi connectivity index (χ3n) is 4.93. The number of hydrogen-bond acceptors (Lipinski definition) is 3. The molecule has 25 heavy (non-hydrogen) atoms. The molecule has 0 aromatic heterocycles. The largest absolute Gasteiger partial charge is 0.382 e. The SMILES string of the molecule is O=[N+]([O-])c1ccc([C@@H](O)C[NH+]2CC[NH+](Cc3ccccc3)CC2)cc1. The van der Waals surface area contributed by atoms with Gasteiger partial charge in [-0.1, -0.05) is 30.3 Å². The van der Waals surface area contributed by atoms with E-state index in [1.54, 1.807) is 17.0 Å². The minimum Gasteiger partial charge on any atom is -0.382 e. The molecule has 1 fully saturated rings. The van der Waals surface area contributed by atoms with Crippen LogP contribution in [-0.4, -0.2) is 42.8 Å². The zero-order valence-electron chi connectivity index (χ0n) is 14.2. The van der Waals surface area contributed by atoms with Gasteiger partial charge in [-0.3, -0.25) is 10.1 Å². The van der Waals surface area contributed by atoms with Gasteiger partial charge in [-0.15, -0.1) is 0 Å². The van der Waals surface area contributed by atoms with Crippen LogP contribution in [0.1, 0.15) is 17.2 Å². The van der Waals surface area contributed by atoms with Crippen molar-refractivity contribution in [1.82, 2.24) is 0 Å². The van der Waals surface area contributed by atoms with Crippen LogP contribution in [0.4, 0.5) is 5.69 Å². The number of nitrogens with one attached hydrogen (secondary N) is 2. The van der Waals surface area contributed by atoms with Crippen molar-refractivity contribution in [3.63, 3.8) is 0 Å². The van der Waals surface area contributed by atoms with Gasteiger partial charge in [-0.2, -0.15) is 0 Å². The Bertz CT molecular complexity index is 683. The van der Waals surface area contributed by atoms with E-state index in [2.05, 4.69) is 24.3 Å². The Labute approximate surface area is 147 Å². The number of nitro benzene ring substituents is 1. The van der Waals surface area contributed by atoms with Crippen molar-refractivity contribution in [2.24, 2.45) is 0 Å². The molecule has 6 heteroatoms.